The van der Waals surface area contributed by atoms with Crippen molar-refractivity contribution in [2.45, 2.75) is 11.8 Å². The van der Waals surface area contributed by atoms with Gasteiger partial charge in [-0.15, -0.1) is 0 Å². The van der Waals surface area contributed by atoms with E-state index in [-0.39, 0.29) is 17.3 Å². The van der Waals surface area contributed by atoms with E-state index in [0.717, 1.165) is 5.69 Å². The molecule has 0 atom stereocenters. The highest BCUT2D eigenvalue weighted by atomic mass is 32.2. The van der Waals surface area contributed by atoms with Gasteiger partial charge in [0.1, 0.15) is 5.82 Å². The predicted octanol–water partition coefficient (Wildman–Crippen LogP) is 2.25. The molecule has 0 radical (unpaired) electrons. The molecule has 168 valence electrons. The normalized spacial score (nSPS) is 14.8. The van der Waals surface area contributed by atoms with Crippen LogP contribution in [0.2, 0.25) is 0 Å². The van der Waals surface area contributed by atoms with E-state index in [9.17, 15) is 13.2 Å². The Morgan fingerprint density at radius 2 is 1.84 bits per heavy atom. The summed E-state index contributed by atoms with van der Waals surface area (Å²) in [6.45, 7) is 3.12. The van der Waals surface area contributed by atoms with Gasteiger partial charge >= 0.3 is 0 Å². The second kappa shape index (κ2) is 9.51. The maximum Gasteiger partial charge on any atom is 0.243 e. The summed E-state index contributed by atoms with van der Waals surface area (Å²) in [7, 11) is -3.66. The molecule has 1 amide bonds. The van der Waals surface area contributed by atoms with Gasteiger partial charge in [0.05, 0.1) is 30.3 Å². The van der Waals surface area contributed by atoms with Crippen molar-refractivity contribution in [3.05, 3.63) is 66.4 Å². The molecule has 4 rings (SSSR count). The number of hydrogen-bond donors (Lipinski definition) is 2. The van der Waals surface area contributed by atoms with Gasteiger partial charge in [-0.2, -0.15) is 9.40 Å². The molecule has 3 aromatic rings. The number of aromatic nitrogens is 2. The summed E-state index contributed by atoms with van der Waals surface area (Å²) in [4.78, 5) is 12.6. The first-order chi connectivity index (χ1) is 15.4. The molecule has 0 bridgehead atoms. The molecule has 0 unspecified atom stereocenters. The Kier molecular flexibility index (Phi) is 6.54. The molecule has 1 aliphatic rings. The van der Waals surface area contributed by atoms with Gasteiger partial charge in [0.25, 0.3) is 0 Å². The second-order valence-corrected chi connectivity index (χ2v) is 9.29. The summed E-state index contributed by atoms with van der Waals surface area (Å²) in [5.41, 5.74) is 1.96. The van der Waals surface area contributed by atoms with E-state index in [0.29, 0.717) is 43.4 Å². The quantitative estimate of drug-likeness (QED) is 0.566. The van der Waals surface area contributed by atoms with E-state index >= 15 is 0 Å². The average Bonchev–Trinajstić information content (AvgIpc) is 3.29. The van der Waals surface area contributed by atoms with E-state index in [4.69, 9.17) is 4.74 Å². The van der Waals surface area contributed by atoms with Gasteiger partial charge < -0.3 is 15.4 Å². The number of anilines is 2. The summed E-state index contributed by atoms with van der Waals surface area (Å²) < 4.78 is 34.4. The molecule has 0 aliphatic carbocycles. The van der Waals surface area contributed by atoms with Crippen LogP contribution in [-0.2, 0) is 19.6 Å². The first-order valence-electron chi connectivity index (χ1n) is 10.3. The minimum Gasteiger partial charge on any atom is -0.379 e. The molecule has 0 spiro atoms. The van der Waals surface area contributed by atoms with Crippen LogP contribution in [0.15, 0.2) is 65.7 Å². The standard InChI is InChI=1S/C22H25N5O4S/c1-17-7-8-18(15-20(17)32(29,30)26-11-13-31-14-12-26)24-22(28)16-23-21-9-10-27(25-21)19-5-3-2-4-6-19/h2-10,15H,11-14,16H2,1H3,(H,23,25)(H,24,28). The number of carbonyl (C=O) groups excluding carboxylic acids is 1. The summed E-state index contributed by atoms with van der Waals surface area (Å²) in [6.07, 6.45) is 1.80. The van der Waals surface area contributed by atoms with Crippen LogP contribution in [-0.4, -0.2) is 61.3 Å². The Balaban J connectivity index is 1.39. The van der Waals surface area contributed by atoms with Crippen LogP contribution in [0.3, 0.4) is 0 Å². The smallest absolute Gasteiger partial charge is 0.243 e. The lowest BCUT2D eigenvalue weighted by Gasteiger charge is -2.26. The maximum absolute atomic E-state index is 13.0. The third-order valence-electron chi connectivity index (χ3n) is 5.10. The number of sulfonamides is 1. The number of nitrogens with one attached hydrogen (secondary N) is 2. The molecule has 2 N–H and O–H groups in total. The van der Waals surface area contributed by atoms with Crippen molar-refractivity contribution in [3.8, 4) is 5.69 Å². The lowest BCUT2D eigenvalue weighted by molar-refractivity contribution is -0.114. The van der Waals surface area contributed by atoms with Gasteiger partial charge in [-0.1, -0.05) is 24.3 Å². The van der Waals surface area contributed by atoms with E-state index in [1.54, 1.807) is 36.0 Å². The van der Waals surface area contributed by atoms with E-state index < -0.39 is 10.0 Å². The number of rotatable bonds is 7. The van der Waals surface area contributed by atoms with Gasteiger partial charge in [0.15, 0.2) is 0 Å². The fraction of sp³-hybridized carbons (Fsp3) is 0.273. The van der Waals surface area contributed by atoms with Crippen LogP contribution in [0.25, 0.3) is 5.69 Å². The van der Waals surface area contributed by atoms with Gasteiger partial charge in [0, 0.05) is 31.0 Å². The number of aryl methyl sites for hydroxylation is 1. The number of benzene rings is 2. The van der Waals surface area contributed by atoms with Crippen molar-refractivity contribution in [2.75, 3.05) is 43.5 Å². The molecule has 1 fully saturated rings. The number of morpholine rings is 1. The fourth-order valence-corrected chi connectivity index (χ4v) is 5.06. The number of ether oxygens (including phenoxy) is 1. The first kappa shape index (κ1) is 22.0. The van der Waals surface area contributed by atoms with Crippen LogP contribution >= 0.6 is 0 Å². The minimum absolute atomic E-state index is 0.00870. The molecule has 0 saturated carbocycles. The lowest BCUT2D eigenvalue weighted by Crippen LogP contribution is -2.40. The Bertz CT molecular complexity index is 1190. The van der Waals surface area contributed by atoms with Crippen molar-refractivity contribution in [3.63, 3.8) is 0 Å². The Morgan fingerprint density at radius 1 is 1.09 bits per heavy atom. The molecule has 9 nitrogen and oxygen atoms in total. The monoisotopic (exact) mass is 455 g/mol. The number of amides is 1. The summed E-state index contributed by atoms with van der Waals surface area (Å²) >= 11 is 0. The Hall–Kier alpha value is -3.21. The van der Waals surface area contributed by atoms with Crippen molar-refractivity contribution < 1.29 is 17.9 Å². The summed E-state index contributed by atoms with van der Waals surface area (Å²) in [6, 6.07) is 16.3. The average molecular weight is 456 g/mol. The largest absolute Gasteiger partial charge is 0.379 e. The third-order valence-corrected chi connectivity index (χ3v) is 7.14. The van der Waals surface area contributed by atoms with Crippen LogP contribution in [0.4, 0.5) is 11.5 Å². The van der Waals surface area contributed by atoms with Crippen molar-refractivity contribution in [1.82, 2.24) is 14.1 Å². The highest BCUT2D eigenvalue weighted by Gasteiger charge is 2.28. The molecule has 1 aromatic heterocycles. The van der Waals surface area contributed by atoms with Gasteiger partial charge in [-0.25, -0.2) is 13.1 Å². The Morgan fingerprint density at radius 3 is 2.59 bits per heavy atom. The molecule has 10 heteroatoms. The number of para-hydroxylation sites is 1. The zero-order valence-electron chi connectivity index (χ0n) is 17.7. The number of carbonyl (C=O) groups is 1. The molecular formula is C22H25N5O4S. The zero-order valence-corrected chi connectivity index (χ0v) is 18.5. The van der Waals surface area contributed by atoms with Gasteiger partial charge in [-0.05, 0) is 36.8 Å². The molecule has 2 aromatic carbocycles. The maximum atomic E-state index is 13.0. The van der Waals surface area contributed by atoms with Crippen LogP contribution in [0, 0.1) is 6.92 Å². The lowest BCUT2D eigenvalue weighted by atomic mass is 10.2. The summed E-state index contributed by atoms with van der Waals surface area (Å²) in [5.74, 6) is 0.251. The molecule has 2 heterocycles. The molecule has 1 aliphatic heterocycles. The predicted molar refractivity (Wildman–Crippen MR) is 121 cm³/mol. The first-order valence-corrected chi connectivity index (χ1v) is 11.7. The van der Waals surface area contributed by atoms with Gasteiger partial charge in [-0.3, -0.25) is 4.79 Å². The highest BCUT2D eigenvalue weighted by Crippen LogP contribution is 2.24. The van der Waals surface area contributed by atoms with Crippen molar-refractivity contribution >= 4 is 27.4 Å². The second-order valence-electron chi connectivity index (χ2n) is 7.38. The van der Waals surface area contributed by atoms with Crippen molar-refractivity contribution in [2.24, 2.45) is 0 Å². The fourth-order valence-electron chi connectivity index (χ4n) is 3.40. The SMILES string of the molecule is Cc1ccc(NC(=O)CNc2ccn(-c3ccccc3)n2)cc1S(=O)(=O)N1CCOCC1. The minimum atomic E-state index is -3.66. The number of nitrogens with zero attached hydrogens (tertiary/aromatic N) is 3. The van der Waals surface area contributed by atoms with Gasteiger partial charge in [0.2, 0.25) is 15.9 Å². The van der Waals surface area contributed by atoms with E-state index in [1.165, 1.54) is 10.4 Å². The van der Waals surface area contributed by atoms with E-state index in [1.807, 2.05) is 30.3 Å². The van der Waals surface area contributed by atoms with Crippen LogP contribution < -0.4 is 10.6 Å². The highest BCUT2D eigenvalue weighted by molar-refractivity contribution is 7.89. The Labute approximate surface area is 187 Å². The summed E-state index contributed by atoms with van der Waals surface area (Å²) in [5, 5.41) is 10.1. The van der Waals surface area contributed by atoms with Crippen LogP contribution in [0.1, 0.15) is 5.56 Å². The van der Waals surface area contributed by atoms with E-state index in [2.05, 4.69) is 15.7 Å². The molecule has 32 heavy (non-hydrogen) atoms. The molecule has 1 saturated heterocycles. The van der Waals surface area contributed by atoms with Crippen molar-refractivity contribution in [1.29, 1.82) is 0 Å². The zero-order chi connectivity index (χ0) is 22.6. The number of hydrogen-bond acceptors (Lipinski definition) is 6. The topological polar surface area (TPSA) is 106 Å². The third kappa shape index (κ3) is 4.98. The molecular weight excluding hydrogens is 430 g/mol. The van der Waals surface area contributed by atoms with Crippen LogP contribution in [0.5, 0.6) is 0 Å².